The first-order valence-electron chi connectivity index (χ1n) is 8.95. The lowest BCUT2D eigenvalue weighted by Gasteiger charge is -2.21. The maximum atomic E-state index is 12.8. The second-order valence-corrected chi connectivity index (χ2v) is 7.08. The normalized spacial score (nSPS) is 10.4. The van der Waals surface area contributed by atoms with Crippen LogP contribution < -0.4 is 5.32 Å². The fourth-order valence-electron chi connectivity index (χ4n) is 2.79. The Labute approximate surface area is 163 Å². The van der Waals surface area contributed by atoms with Crippen LogP contribution in [0.2, 0.25) is 0 Å². The smallest absolute Gasteiger partial charge is 0.265 e. The van der Waals surface area contributed by atoms with Crippen LogP contribution in [0.15, 0.2) is 72.1 Å². The van der Waals surface area contributed by atoms with Gasteiger partial charge in [0.15, 0.2) is 0 Å². The number of hydrogen-bond donors (Lipinski definition) is 1. The van der Waals surface area contributed by atoms with E-state index in [4.69, 9.17) is 0 Å². The van der Waals surface area contributed by atoms with E-state index in [1.54, 1.807) is 30.3 Å². The lowest BCUT2D eigenvalue weighted by atomic mass is 10.1. The number of thiophene rings is 1. The number of benzene rings is 2. The second kappa shape index (κ2) is 9.14. The number of hydrogen-bond acceptors (Lipinski definition) is 3. The Morgan fingerprint density at radius 1 is 0.963 bits per heavy atom. The third-order valence-corrected chi connectivity index (χ3v) is 5.19. The van der Waals surface area contributed by atoms with Crippen molar-refractivity contribution in [1.29, 1.82) is 0 Å². The van der Waals surface area contributed by atoms with Gasteiger partial charge in [0, 0.05) is 24.3 Å². The van der Waals surface area contributed by atoms with Gasteiger partial charge in [0.2, 0.25) is 0 Å². The standard InChI is InChI=1S/C22H22N2O2S/c1-2-24(15-14-17-7-4-3-5-8-17)22(26)18-10-12-19(13-11-18)23-21(25)20-9-6-16-27-20/h3-13,16H,2,14-15H2,1H3,(H,23,25). The Hall–Kier alpha value is -2.92. The summed E-state index contributed by atoms with van der Waals surface area (Å²) in [6.45, 7) is 3.32. The average molecular weight is 378 g/mol. The van der Waals surface area contributed by atoms with Crippen molar-refractivity contribution in [2.45, 2.75) is 13.3 Å². The van der Waals surface area contributed by atoms with E-state index in [0.29, 0.717) is 29.2 Å². The van der Waals surface area contributed by atoms with E-state index in [0.717, 1.165) is 6.42 Å². The van der Waals surface area contributed by atoms with Crippen molar-refractivity contribution in [3.63, 3.8) is 0 Å². The van der Waals surface area contributed by atoms with Gasteiger partial charge in [-0.15, -0.1) is 11.3 Å². The molecule has 0 spiro atoms. The first-order chi connectivity index (χ1) is 13.2. The molecular weight excluding hydrogens is 356 g/mol. The molecule has 1 heterocycles. The number of nitrogens with zero attached hydrogens (tertiary/aromatic N) is 1. The first kappa shape index (κ1) is 18.9. The van der Waals surface area contributed by atoms with Crippen LogP contribution in [0.5, 0.6) is 0 Å². The minimum Gasteiger partial charge on any atom is -0.339 e. The van der Waals surface area contributed by atoms with Crippen LogP contribution in [-0.4, -0.2) is 29.8 Å². The lowest BCUT2D eigenvalue weighted by molar-refractivity contribution is 0.0766. The summed E-state index contributed by atoms with van der Waals surface area (Å²) in [7, 11) is 0. The number of nitrogens with one attached hydrogen (secondary N) is 1. The molecule has 0 unspecified atom stereocenters. The summed E-state index contributed by atoms with van der Waals surface area (Å²) in [4.78, 5) is 27.4. The largest absolute Gasteiger partial charge is 0.339 e. The molecule has 138 valence electrons. The van der Waals surface area contributed by atoms with Crippen molar-refractivity contribution in [1.82, 2.24) is 4.90 Å². The molecule has 0 radical (unpaired) electrons. The lowest BCUT2D eigenvalue weighted by Crippen LogP contribution is -2.32. The summed E-state index contributed by atoms with van der Waals surface area (Å²) < 4.78 is 0. The van der Waals surface area contributed by atoms with Crippen molar-refractivity contribution in [3.05, 3.63) is 88.1 Å². The van der Waals surface area contributed by atoms with Gasteiger partial charge in [0.25, 0.3) is 11.8 Å². The van der Waals surface area contributed by atoms with E-state index < -0.39 is 0 Å². The molecule has 0 aliphatic carbocycles. The maximum absolute atomic E-state index is 12.8. The maximum Gasteiger partial charge on any atom is 0.265 e. The highest BCUT2D eigenvalue weighted by Gasteiger charge is 2.14. The summed E-state index contributed by atoms with van der Waals surface area (Å²) >= 11 is 1.40. The van der Waals surface area contributed by atoms with Crippen LogP contribution in [0.25, 0.3) is 0 Å². The van der Waals surface area contributed by atoms with Gasteiger partial charge in [-0.2, -0.15) is 0 Å². The van der Waals surface area contributed by atoms with Gasteiger partial charge in [-0.05, 0) is 54.6 Å². The molecule has 3 rings (SSSR count). The quantitative estimate of drug-likeness (QED) is 0.647. The van der Waals surface area contributed by atoms with E-state index in [2.05, 4.69) is 17.4 Å². The Bertz CT molecular complexity index is 874. The van der Waals surface area contributed by atoms with Crippen LogP contribution in [0, 0.1) is 0 Å². The average Bonchev–Trinajstić information content (AvgIpc) is 3.25. The highest BCUT2D eigenvalue weighted by atomic mass is 32.1. The summed E-state index contributed by atoms with van der Waals surface area (Å²) in [5.41, 5.74) is 2.52. The zero-order valence-electron chi connectivity index (χ0n) is 15.2. The number of rotatable bonds is 7. The van der Waals surface area contributed by atoms with Gasteiger partial charge >= 0.3 is 0 Å². The molecule has 0 bridgehead atoms. The number of amides is 2. The molecule has 0 aliphatic rings. The van der Waals surface area contributed by atoms with E-state index in [-0.39, 0.29) is 11.8 Å². The summed E-state index contributed by atoms with van der Waals surface area (Å²) in [5, 5.41) is 4.71. The molecule has 4 nitrogen and oxygen atoms in total. The minimum atomic E-state index is -0.137. The molecule has 3 aromatic rings. The summed E-state index contributed by atoms with van der Waals surface area (Å²) in [6.07, 6.45) is 0.829. The Balaban J connectivity index is 1.60. The van der Waals surface area contributed by atoms with Gasteiger partial charge in [-0.1, -0.05) is 36.4 Å². The molecule has 0 fully saturated rings. The van der Waals surface area contributed by atoms with Gasteiger partial charge in [-0.3, -0.25) is 9.59 Å². The van der Waals surface area contributed by atoms with E-state index >= 15 is 0 Å². The number of carbonyl (C=O) groups excluding carboxylic acids is 2. The number of anilines is 1. The van der Waals surface area contributed by atoms with Crippen molar-refractivity contribution >= 4 is 28.8 Å². The van der Waals surface area contributed by atoms with E-state index in [1.807, 2.05) is 41.5 Å². The minimum absolute atomic E-state index is 0.00423. The molecule has 5 heteroatoms. The van der Waals surface area contributed by atoms with Crippen LogP contribution in [-0.2, 0) is 6.42 Å². The van der Waals surface area contributed by atoms with Crippen molar-refractivity contribution in [3.8, 4) is 0 Å². The molecule has 2 aromatic carbocycles. The van der Waals surface area contributed by atoms with Crippen molar-refractivity contribution in [2.75, 3.05) is 18.4 Å². The van der Waals surface area contributed by atoms with E-state index in [1.165, 1.54) is 16.9 Å². The predicted octanol–water partition coefficient (Wildman–Crippen LogP) is 4.71. The molecule has 0 aliphatic heterocycles. The zero-order chi connectivity index (χ0) is 19.1. The number of likely N-dealkylation sites (N-methyl/N-ethyl adjacent to an activating group) is 1. The third kappa shape index (κ3) is 5.05. The fourth-order valence-corrected chi connectivity index (χ4v) is 3.41. The topological polar surface area (TPSA) is 49.4 Å². The Kier molecular flexibility index (Phi) is 6.39. The van der Waals surface area contributed by atoms with Crippen LogP contribution in [0.4, 0.5) is 5.69 Å². The Morgan fingerprint density at radius 2 is 1.70 bits per heavy atom. The summed E-state index contributed by atoms with van der Waals surface area (Å²) in [6, 6.07) is 20.8. The Morgan fingerprint density at radius 3 is 2.33 bits per heavy atom. The van der Waals surface area contributed by atoms with Gasteiger partial charge in [0.05, 0.1) is 4.88 Å². The zero-order valence-corrected chi connectivity index (χ0v) is 16.0. The molecule has 2 amide bonds. The molecule has 0 saturated carbocycles. The molecular formula is C22H22N2O2S. The van der Waals surface area contributed by atoms with Crippen LogP contribution in [0.1, 0.15) is 32.5 Å². The third-order valence-electron chi connectivity index (χ3n) is 4.32. The fraction of sp³-hybridized carbons (Fsp3) is 0.182. The van der Waals surface area contributed by atoms with Gasteiger partial charge in [-0.25, -0.2) is 0 Å². The predicted molar refractivity (Wildman–Crippen MR) is 110 cm³/mol. The molecule has 0 saturated heterocycles. The second-order valence-electron chi connectivity index (χ2n) is 6.13. The monoisotopic (exact) mass is 378 g/mol. The number of carbonyl (C=O) groups is 2. The molecule has 1 N–H and O–H groups in total. The van der Waals surface area contributed by atoms with Crippen LogP contribution >= 0.6 is 11.3 Å². The van der Waals surface area contributed by atoms with Gasteiger partial charge < -0.3 is 10.2 Å². The van der Waals surface area contributed by atoms with Crippen molar-refractivity contribution in [2.24, 2.45) is 0 Å². The SMILES string of the molecule is CCN(CCc1ccccc1)C(=O)c1ccc(NC(=O)c2cccs2)cc1. The highest BCUT2D eigenvalue weighted by Crippen LogP contribution is 2.15. The van der Waals surface area contributed by atoms with Crippen LogP contribution in [0.3, 0.4) is 0 Å². The van der Waals surface area contributed by atoms with Gasteiger partial charge in [0.1, 0.15) is 0 Å². The first-order valence-corrected chi connectivity index (χ1v) is 9.83. The van der Waals surface area contributed by atoms with E-state index in [9.17, 15) is 9.59 Å². The highest BCUT2D eigenvalue weighted by molar-refractivity contribution is 7.12. The molecule has 1 aromatic heterocycles. The summed E-state index contributed by atoms with van der Waals surface area (Å²) in [5.74, 6) is -0.133. The van der Waals surface area contributed by atoms with Crippen molar-refractivity contribution < 1.29 is 9.59 Å². The molecule has 27 heavy (non-hydrogen) atoms. The molecule has 0 atom stereocenters.